The Kier molecular flexibility index (Phi) is 8.37. The first-order valence-corrected chi connectivity index (χ1v) is 14.7. The summed E-state index contributed by atoms with van der Waals surface area (Å²) in [6, 6.07) is 3.60. The molecule has 10 nitrogen and oxygen atoms in total. The number of amides is 1. The van der Waals surface area contributed by atoms with E-state index >= 15 is 0 Å². The van der Waals surface area contributed by atoms with Crippen molar-refractivity contribution in [3.05, 3.63) is 41.6 Å². The van der Waals surface area contributed by atoms with Crippen molar-refractivity contribution in [1.29, 1.82) is 0 Å². The molecule has 0 bridgehead atoms. The fourth-order valence-electron chi connectivity index (χ4n) is 5.83. The fraction of sp³-hybridized carbons (Fsp3) is 0.548. The Morgan fingerprint density at radius 1 is 0.927 bits per heavy atom. The van der Waals surface area contributed by atoms with E-state index in [4.69, 9.17) is 19.2 Å². The van der Waals surface area contributed by atoms with Gasteiger partial charge in [0.05, 0.1) is 35.1 Å². The van der Waals surface area contributed by atoms with E-state index < -0.39 is 17.4 Å². The summed E-state index contributed by atoms with van der Waals surface area (Å²) < 4.78 is 11.3. The van der Waals surface area contributed by atoms with Crippen LogP contribution in [-0.4, -0.2) is 37.6 Å². The number of rotatable bonds is 7. The standard InChI is InChI=1S/C31H40N6O4/c1-18-23(35-29(38)21-12-8-9-13-22(21)30(39)40-31(3,4)5)14-15-24(33-18)28-27(19(2)37-41-28)36-26-17-32-16-25(34-26)20-10-6-7-11-20/h14-17,20-22H,6-13H2,1-5H3,(H,34,36)(H,35,38)/t21-,22-/m0/s1. The smallest absolute Gasteiger partial charge is 0.310 e. The minimum Gasteiger partial charge on any atom is -0.460 e. The Labute approximate surface area is 241 Å². The van der Waals surface area contributed by atoms with Crippen LogP contribution < -0.4 is 10.6 Å². The highest BCUT2D eigenvalue weighted by molar-refractivity contribution is 5.96. The van der Waals surface area contributed by atoms with Crippen molar-refractivity contribution in [2.45, 2.75) is 97.5 Å². The quantitative estimate of drug-likeness (QED) is 0.305. The number of aromatic nitrogens is 4. The van der Waals surface area contributed by atoms with E-state index in [1.807, 2.05) is 46.9 Å². The van der Waals surface area contributed by atoms with Gasteiger partial charge in [-0.2, -0.15) is 0 Å². The number of anilines is 3. The number of hydrogen-bond acceptors (Lipinski definition) is 9. The summed E-state index contributed by atoms with van der Waals surface area (Å²) in [5.41, 5.74) is 3.56. The number of hydrogen-bond donors (Lipinski definition) is 2. The number of ether oxygens (including phenoxy) is 1. The molecule has 0 aliphatic heterocycles. The summed E-state index contributed by atoms with van der Waals surface area (Å²) in [6.45, 7) is 9.22. The van der Waals surface area contributed by atoms with Crippen molar-refractivity contribution in [3.63, 3.8) is 0 Å². The van der Waals surface area contributed by atoms with Crippen LogP contribution in [-0.2, 0) is 14.3 Å². The number of carbonyl (C=O) groups is 2. The average molecular weight is 561 g/mol. The van der Waals surface area contributed by atoms with Gasteiger partial charge in [0.1, 0.15) is 28.5 Å². The van der Waals surface area contributed by atoms with Gasteiger partial charge in [-0.15, -0.1) is 0 Å². The maximum Gasteiger partial charge on any atom is 0.310 e. The van der Waals surface area contributed by atoms with Gasteiger partial charge in [-0.1, -0.05) is 30.8 Å². The third kappa shape index (κ3) is 6.74. The van der Waals surface area contributed by atoms with Crippen molar-refractivity contribution in [1.82, 2.24) is 20.1 Å². The lowest BCUT2D eigenvalue weighted by atomic mass is 9.78. The first kappa shape index (κ1) is 28.7. The number of nitrogens with one attached hydrogen (secondary N) is 2. The van der Waals surface area contributed by atoms with E-state index in [-0.39, 0.29) is 11.9 Å². The molecular weight excluding hydrogens is 520 g/mol. The van der Waals surface area contributed by atoms with Crippen molar-refractivity contribution in [2.75, 3.05) is 10.6 Å². The van der Waals surface area contributed by atoms with Gasteiger partial charge in [-0.25, -0.2) is 9.97 Å². The van der Waals surface area contributed by atoms with Crippen LogP contribution in [0.25, 0.3) is 11.5 Å². The van der Waals surface area contributed by atoms with Crippen molar-refractivity contribution in [3.8, 4) is 11.5 Å². The second-order valence-electron chi connectivity index (χ2n) is 12.3. The molecule has 2 atom stereocenters. The third-order valence-corrected chi connectivity index (χ3v) is 7.93. The third-order valence-electron chi connectivity index (χ3n) is 7.93. The maximum atomic E-state index is 13.3. The molecule has 0 radical (unpaired) electrons. The highest BCUT2D eigenvalue weighted by Crippen LogP contribution is 2.36. The molecule has 2 fully saturated rings. The molecular formula is C31H40N6O4. The topological polar surface area (TPSA) is 132 Å². The van der Waals surface area contributed by atoms with E-state index in [1.54, 1.807) is 12.3 Å². The lowest BCUT2D eigenvalue weighted by Crippen LogP contribution is -2.39. The molecule has 0 spiro atoms. The molecule has 0 aromatic carbocycles. The zero-order valence-electron chi connectivity index (χ0n) is 24.6. The Morgan fingerprint density at radius 2 is 1.63 bits per heavy atom. The average Bonchev–Trinajstić information content (AvgIpc) is 3.60. The molecule has 2 aliphatic carbocycles. The first-order chi connectivity index (χ1) is 19.6. The van der Waals surface area contributed by atoms with Crippen LogP contribution in [0.5, 0.6) is 0 Å². The highest BCUT2D eigenvalue weighted by atomic mass is 16.6. The molecule has 10 heteroatoms. The fourth-order valence-corrected chi connectivity index (χ4v) is 5.83. The molecule has 2 saturated carbocycles. The lowest BCUT2D eigenvalue weighted by molar-refractivity contribution is -0.164. The van der Waals surface area contributed by atoms with Gasteiger partial charge in [0.25, 0.3) is 0 Å². The van der Waals surface area contributed by atoms with E-state index in [0.717, 1.165) is 31.4 Å². The second-order valence-corrected chi connectivity index (χ2v) is 12.3. The van der Waals surface area contributed by atoms with Crippen LogP contribution in [0, 0.1) is 25.7 Å². The van der Waals surface area contributed by atoms with Crippen molar-refractivity contribution in [2.24, 2.45) is 11.8 Å². The number of esters is 1. The largest absolute Gasteiger partial charge is 0.460 e. The summed E-state index contributed by atoms with van der Waals surface area (Å²) in [5.74, 6) is 0.192. The Bertz CT molecular complexity index is 1410. The van der Waals surface area contributed by atoms with Crippen molar-refractivity contribution < 1.29 is 18.8 Å². The van der Waals surface area contributed by atoms with Gasteiger partial charge in [0, 0.05) is 12.1 Å². The number of carbonyl (C=O) groups excluding carboxylic acids is 2. The van der Waals surface area contributed by atoms with Gasteiger partial charge >= 0.3 is 5.97 Å². The minimum atomic E-state index is -0.593. The Morgan fingerprint density at radius 3 is 2.34 bits per heavy atom. The maximum absolute atomic E-state index is 13.3. The van der Waals surface area contributed by atoms with E-state index in [0.29, 0.717) is 58.8 Å². The van der Waals surface area contributed by atoms with E-state index in [2.05, 4.69) is 20.8 Å². The molecule has 218 valence electrons. The lowest BCUT2D eigenvalue weighted by Gasteiger charge is -2.31. The molecule has 0 saturated heterocycles. The van der Waals surface area contributed by atoms with Gasteiger partial charge in [0.15, 0.2) is 0 Å². The normalized spacial score (nSPS) is 19.6. The molecule has 2 N–H and O–H groups in total. The number of aryl methyl sites for hydroxylation is 2. The van der Waals surface area contributed by atoms with Crippen LogP contribution in [0.2, 0.25) is 0 Å². The summed E-state index contributed by atoms with van der Waals surface area (Å²) in [5, 5.41) is 10.5. The van der Waals surface area contributed by atoms with Gasteiger partial charge in [-0.05, 0) is 72.4 Å². The highest BCUT2D eigenvalue weighted by Gasteiger charge is 2.38. The summed E-state index contributed by atoms with van der Waals surface area (Å²) in [7, 11) is 0. The van der Waals surface area contributed by atoms with Crippen LogP contribution in [0.15, 0.2) is 29.0 Å². The summed E-state index contributed by atoms with van der Waals surface area (Å²) >= 11 is 0. The second kappa shape index (κ2) is 12.0. The first-order valence-electron chi connectivity index (χ1n) is 14.7. The Hall–Kier alpha value is -3.82. The Balaban J connectivity index is 1.31. The van der Waals surface area contributed by atoms with E-state index in [1.165, 1.54) is 12.8 Å². The summed E-state index contributed by atoms with van der Waals surface area (Å²) in [6.07, 6.45) is 11.4. The molecule has 3 aromatic heterocycles. The van der Waals surface area contributed by atoms with Gasteiger partial charge < -0.3 is 19.9 Å². The zero-order valence-corrected chi connectivity index (χ0v) is 24.6. The predicted molar refractivity (Wildman–Crippen MR) is 156 cm³/mol. The van der Waals surface area contributed by atoms with Crippen LogP contribution in [0.3, 0.4) is 0 Å². The molecule has 3 heterocycles. The number of pyridine rings is 1. The molecule has 5 rings (SSSR count). The molecule has 0 unspecified atom stereocenters. The minimum absolute atomic E-state index is 0.184. The summed E-state index contributed by atoms with van der Waals surface area (Å²) in [4.78, 5) is 40.1. The number of nitrogens with zero attached hydrogens (tertiary/aromatic N) is 4. The zero-order chi connectivity index (χ0) is 29.1. The van der Waals surface area contributed by atoms with Gasteiger partial charge in [0.2, 0.25) is 11.7 Å². The monoisotopic (exact) mass is 560 g/mol. The SMILES string of the molecule is Cc1nc(-c2onc(C)c2Nc2cncc(C3CCCC3)n2)ccc1NC(=O)[C@H]1CCCC[C@@H]1C(=O)OC(C)(C)C. The molecule has 2 aliphatic rings. The van der Waals surface area contributed by atoms with E-state index in [9.17, 15) is 9.59 Å². The molecule has 1 amide bonds. The van der Waals surface area contributed by atoms with Crippen LogP contribution >= 0.6 is 0 Å². The molecule has 41 heavy (non-hydrogen) atoms. The predicted octanol–water partition coefficient (Wildman–Crippen LogP) is 6.63. The molecule has 3 aromatic rings. The van der Waals surface area contributed by atoms with Crippen LogP contribution in [0.1, 0.15) is 95.1 Å². The van der Waals surface area contributed by atoms with Crippen molar-refractivity contribution >= 4 is 29.1 Å². The van der Waals surface area contributed by atoms with Gasteiger partial charge in [-0.3, -0.25) is 14.6 Å². The van der Waals surface area contributed by atoms with Crippen LogP contribution in [0.4, 0.5) is 17.2 Å².